The number of benzene rings is 1. The highest BCUT2D eigenvalue weighted by Gasteiger charge is 2.02. The molecule has 0 radical (unpaired) electrons. The summed E-state index contributed by atoms with van der Waals surface area (Å²) < 4.78 is 1.01. The molecule has 0 bridgehead atoms. The van der Waals surface area contributed by atoms with Crippen molar-refractivity contribution in [2.45, 2.75) is 0 Å². The summed E-state index contributed by atoms with van der Waals surface area (Å²) in [6.45, 7) is 0. The number of hydrogen-bond acceptors (Lipinski definition) is 2. The molecule has 12 heavy (non-hydrogen) atoms. The van der Waals surface area contributed by atoms with E-state index in [1.165, 1.54) is 0 Å². The maximum Gasteiger partial charge on any atom is 0.106 e. The van der Waals surface area contributed by atoms with Crippen LogP contribution >= 0.6 is 28.1 Å². The number of anilines is 1. The van der Waals surface area contributed by atoms with Crippen molar-refractivity contribution in [3.8, 4) is 0 Å². The third-order valence-electron chi connectivity index (χ3n) is 1.52. The summed E-state index contributed by atoms with van der Waals surface area (Å²) >= 11 is 8.24. The molecule has 0 saturated carbocycles. The summed E-state index contributed by atoms with van der Waals surface area (Å²) in [5.41, 5.74) is 7.33. The van der Waals surface area contributed by atoms with Gasteiger partial charge in [0.15, 0.2) is 0 Å². The molecule has 0 aliphatic rings. The van der Waals surface area contributed by atoms with Crippen molar-refractivity contribution >= 4 is 38.8 Å². The minimum absolute atomic E-state index is 0.409. The fourth-order valence-electron chi connectivity index (χ4n) is 0.938. The van der Waals surface area contributed by atoms with Gasteiger partial charge in [0, 0.05) is 22.8 Å². The summed E-state index contributed by atoms with van der Waals surface area (Å²) in [7, 11) is 1.84. The van der Waals surface area contributed by atoms with E-state index in [0.717, 1.165) is 15.7 Å². The Morgan fingerprint density at radius 3 is 2.75 bits per heavy atom. The zero-order chi connectivity index (χ0) is 9.14. The van der Waals surface area contributed by atoms with E-state index in [1.807, 2.05) is 25.2 Å². The van der Waals surface area contributed by atoms with Crippen LogP contribution in [0, 0.1) is 0 Å². The number of nitrogens with one attached hydrogen (secondary N) is 1. The third kappa shape index (κ3) is 1.95. The van der Waals surface area contributed by atoms with Gasteiger partial charge < -0.3 is 11.1 Å². The van der Waals surface area contributed by atoms with Crippen LogP contribution in [0.3, 0.4) is 0 Å². The van der Waals surface area contributed by atoms with Gasteiger partial charge in [-0.2, -0.15) is 0 Å². The van der Waals surface area contributed by atoms with Crippen molar-refractivity contribution in [1.82, 2.24) is 0 Å². The van der Waals surface area contributed by atoms with E-state index < -0.39 is 0 Å². The van der Waals surface area contributed by atoms with E-state index in [2.05, 4.69) is 21.2 Å². The topological polar surface area (TPSA) is 38.0 Å². The third-order valence-corrected chi connectivity index (χ3v) is 2.23. The van der Waals surface area contributed by atoms with Crippen LogP contribution in [-0.4, -0.2) is 12.0 Å². The van der Waals surface area contributed by atoms with Crippen LogP contribution in [0.5, 0.6) is 0 Å². The first kappa shape index (κ1) is 9.48. The molecule has 0 saturated heterocycles. The predicted molar refractivity (Wildman–Crippen MR) is 59.6 cm³/mol. The molecule has 2 nitrogen and oxygen atoms in total. The molecule has 3 N–H and O–H groups in total. The van der Waals surface area contributed by atoms with Crippen molar-refractivity contribution < 1.29 is 0 Å². The Morgan fingerprint density at radius 2 is 2.25 bits per heavy atom. The molecule has 0 fully saturated rings. The largest absolute Gasteiger partial charge is 0.389 e. The lowest BCUT2D eigenvalue weighted by Gasteiger charge is -2.07. The first-order valence-electron chi connectivity index (χ1n) is 3.42. The number of rotatable bonds is 2. The van der Waals surface area contributed by atoms with Gasteiger partial charge in [0.2, 0.25) is 0 Å². The van der Waals surface area contributed by atoms with E-state index in [-0.39, 0.29) is 0 Å². The van der Waals surface area contributed by atoms with E-state index in [0.29, 0.717) is 4.99 Å². The van der Waals surface area contributed by atoms with Crippen molar-refractivity contribution in [2.24, 2.45) is 5.73 Å². The molecular formula is C8H9BrN2S. The van der Waals surface area contributed by atoms with Crippen LogP contribution < -0.4 is 11.1 Å². The van der Waals surface area contributed by atoms with Crippen LogP contribution in [0.2, 0.25) is 0 Å². The van der Waals surface area contributed by atoms with Crippen LogP contribution in [0.4, 0.5) is 5.69 Å². The van der Waals surface area contributed by atoms with E-state index in [9.17, 15) is 0 Å². The van der Waals surface area contributed by atoms with Gasteiger partial charge in [0.1, 0.15) is 4.99 Å². The van der Waals surface area contributed by atoms with Crippen LogP contribution in [-0.2, 0) is 0 Å². The van der Waals surface area contributed by atoms with Crippen LogP contribution in [0.15, 0.2) is 22.7 Å². The van der Waals surface area contributed by atoms with Gasteiger partial charge in [-0.3, -0.25) is 0 Å². The lowest BCUT2D eigenvalue weighted by molar-refractivity contribution is 1.47. The lowest BCUT2D eigenvalue weighted by atomic mass is 10.2. The number of nitrogens with two attached hydrogens (primary N) is 1. The molecular weight excluding hydrogens is 236 g/mol. The van der Waals surface area contributed by atoms with E-state index in [4.69, 9.17) is 18.0 Å². The summed E-state index contributed by atoms with van der Waals surface area (Å²) in [5, 5.41) is 3.02. The van der Waals surface area contributed by atoms with Gasteiger partial charge >= 0.3 is 0 Å². The highest BCUT2D eigenvalue weighted by atomic mass is 79.9. The molecule has 0 aliphatic heterocycles. The highest BCUT2D eigenvalue weighted by molar-refractivity contribution is 9.10. The molecule has 0 aromatic heterocycles. The van der Waals surface area contributed by atoms with Gasteiger partial charge in [-0.1, -0.05) is 28.1 Å². The molecule has 4 heteroatoms. The van der Waals surface area contributed by atoms with Gasteiger partial charge in [-0.25, -0.2) is 0 Å². The first-order chi connectivity index (χ1) is 5.65. The maximum atomic E-state index is 5.52. The lowest BCUT2D eigenvalue weighted by Crippen LogP contribution is -2.11. The Labute approximate surface area is 85.3 Å². The standard InChI is InChI=1S/C8H9BrN2S/c1-11-7-4-5(9)2-3-6(7)8(10)12/h2-4,11H,1H3,(H2,10,12). The molecule has 1 aromatic carbocycles. The average molecular weight is 245 g/mol. The monoisotopic (exact) mass is 244 g/mol. The maximum absolute atomic E-state index is 5.52. The molecule has 1 aromatic rings. The van der Waals surface area contributed by atoms with Crippen molar-refractivity contribution in [1.29, 1.82) is 0 Å². The second-order valence-electron chi connectivity index (χ2n) is 2.30. The zero-order valence-electron chi connectivity index (χ0n) is 6.60. The number of halogens is 1. The minimum atomic E-state index is 0.409. The molecule has 0 spiro atoms. The van der Waals surface area contributed by atoms with Gasteiger partial charge in [-0.15, -0.1) is 0 Å². The minimum Gasteiger partial charge on any atom is -0.389 e. The van der Waals surface area contributed by atoms with Gasteiger partial charge in [0.25, 0.3) is 0 Å². The van der Waals surface area contributed by atoms with Gasteiger partial charge in [0.05, 0.1) is 0 Å². The summed E-state index contributed by atoms with van der Waals surface area (Å²) in [6.07, 6.45) is 0. The number of thiocarbonyl (C=S) groups is 1. The molecule has 64 valence electrons. The Kier molecular flexibility index (Phi) is 3.05. The second kappa shape index (κ2) is 3.87. The predicted octanol–water partition coefficient (Wildman–Crippen LogP) is 2.12. The fraction of sp³-hybridized carbons (Fsp3) is 0.125. The molecule has 1 rings (SSSR count). The summed E-state index contributed by atoms with van der Waals surface area (Å²) in [4.78, 5) is 0.409. The Morgan fingerprint density at radius 1 is 1.58 bits per heavy atom. The molecule has 0 heterocycles. The van der Waals surface area contributed by atoms with Crippen LogP contribution in [0.1, 0.15) is 5.56 Å². The smallest absolute Gasteiger partial charge is 0.106 e. The molecule has 0 atom stereocenters. The SMILES string of the molecule is CNc1cc(Br)ccc1C(N)=S. The first-order valence-corrected chi connectivity index (χ1v) is 4.62. The average Bonchev–Trinajstić information content (AvgIpc) is 2.03. The Balaban J connectivity index is 3.20. The highest BCUT2D eigenvalue weighted by Crippen LogP contribution is 2.20. The van der Waals surface area contributed by atoms with Crippen molar-refractivity contribution in [3.63, 3.8) is 0 Å². The summed E-state index contributed by atoms with van der Waals surface area (Å²) in [6, 6.07) is 5.74. The molecule has 0 amide bonds. The molecule has 0 unspecified atom stereocenters. The zero-order valence-corrected chi connectivity index (χ0v) is 9.00. The van der Waals surface area contributed by atoms with Crippen LogP contribution in [0.25, 0.3) is 0 Å². The Bertz CT molecular complexity index is 312. The number of hydrogen-bond donors (Lipinski definition) is 2. The van der Waals surface area contributed by atoms with Gasteiger partial charge in [-0.05, 0) is 18.2 Å². The Hall–Kier alpha value is -0.610. The van der Waals surface area contributed by atoms with Crippen molar-refractivity contribution in [3.05, 3.63) is 28.2 Å². The summed E-state index contributed by atoms with van der Waals surface area (Å²) in [5.74, 6) is 0. The normalized spacial score (nSPS) is 9.50. The van der Waals surface area contributed by atoms with E-state index >= 15 is 0 Å². The van der Waals surface area contributed by atoms with E-state index in [1.54, 1.807) is 0 Å². The quantitative estimate of drug-likeness (QED) is 0.784. The fourth-order valence-corrected chi connectivity index (χ4v) is 1.48. The second-order valence-corrected chi connectivity index (χ2v) is 3.66. The molecule has 0 aliphatic carbocycles. The van der Waals surface area contributed by atoms with Crippen molar-refractivity contribution in [2.75, 3.05) is 12.4 Å².